The maximum Gasteiger partial charge on any atom is 0.314 e. The molecule has 1 aromatic carbocycles. The van der Waals surface area contributed by atoms with E-state index in [0.717, 1.165) is 44.5 Å². The fourth-order valence-electron chi connectivity index (χ4n) is 3.71. The van der Waals surface area contributed by atoms with Crippen LogP contribution in [0.15, 0.2) is 42.5 Å². The van der Waals surface area contributed by atoms with E-state index in [1.54, 1.807) is 0 Å². The van der Waals surface area contributed by atoms with E-state index in [-0.39, 0.29) is 30.2 Å². The summed E-state index contributed by atoms with van der Waals surface area (Å²) in [4.78, 5) is 15.1. The van der Waals surface area contributed by atoms with E-state index in [2.05, 4.69) is 29.2 Å². The normalized spacial score (nSPS) is 21.9. The number of carbonyl (C=O) groups excluding carboxylic acids is 1. The fourth-order valence-corrected chi connectivity index (χ4v) is 3.71. The molecule has 132 valence electrons. The van der Waals surface area contributed by atoms with Crippen molar-refractivity contribution < 1.29 is 9.53 Å². The van der Waals surface area contributed by atoms with E-state index < -0.39 is 0 Å². The van der Waals surface area contributed by atoms with Gasteiger partial charge in [0.05, 0.1) is 5.92 Å². The number of ether oxygens (including phenoxy) is 1. The van der Waals surface area contributed by atoms with E-state index in [0.29, 0.717) is 6.61 Å². The van der Waals surface area contributed by atoms with Gasteiger partial charge in [-0.2, -0.15) is 0 Å². The molecule has 2 atom stereocenters. The maximum absolute atomic E-state index is 12.7. The lowest BCUT2D eigenvalue weighted by molar-refractivity contribution is -0.147. The highest BCUT2D eigenvalue weighted by molar-refractivity contribution is 5.85. The molecule has 2 unspecified atom stereocenters. The molecule has 0 spiro atoms. The van der Waals surface area contributed by atoms with Crippen molar-refractivity contribution in [3.8, 4) is 0 Å². The lowest BCUT2D eigenvalue weighted by Crippen LogP contribution is -2.29. The number of likely N-dealkylation sites (tertiary alicyclic amines) is 1. The minimum atomic E-state index is -0.161. The van der Waals surface area contributed by atoms with E-state index >= 15 is 0 Å². The first kappa shape index (κ1) is 19.0. The number of rotatable bonds is 6. The number of halogens is 1. The zero-order valence-corrected chi connectivity index (χ0v) is 15.0. The van der Waals surface area contributed by atoms with Gasteiger partial charge in [-0.3, -0.25) is 9.69 Å². The first-order valence-corrected chi connectivity index (χ1v) is 8.95. The predicted octanol–water partition coefficient (Wildman–Crippen LogP) is 4.19. The molecule has 1 saturated heterocycles. The van der Waals surface area contributed by atoms with Crippen LogP contribution in [-0.2, 0) is 9.53 Å². The van der Waals surface area contributed by atoms with Gasteiger partial charge in [0.15, 0.2) is 0 Å². The van der Waals surface area contributed by atoms with Gasteiger partial charge in [-0.25, -0.2) is 0 Å². The Balaban J connectivity index is 0.00000208. The summed E-state index contributed by atoms with van der Waals surface area (Å²) in [5.41, 5.74) is 1.08. The Kier molecular flexibility index (Phi) is 7.80. The summed E-state index contributed by atoms with van der Waals surface area (Å²) in [5, 5.41) is 0. The molecule has 3 rings (SSSR count). The van der Waals surface area contributed by atoms with Crippen molar-refractivity contribution in [3.05, 3.63) is 48.0 Å². The molecule has 3 nitrogen and oxygen atoms in total. The largest absolute Gasteiger partial charge is 0.464 e. The molecule has 1 aliphatic carbocycles. The van der Waals surface area contributed by atoms with E-state index in [9.17, 15) is 4.79 Å². The van der Waals surface area contributed by atoms with E-state index in [1.165, 1.54) is 12.8 Å². The molecule has 1 aromatic rings. The van der Waals surface area contributed by atoms with Crippen molar-refractivity contribution in [3.63, 3.8) is 0 Å². The SMILES string of the molecule is Cl.O=C(OCCN1CCCC1)C(c1ccccc1)C1C=CCCC1. The van der Waals surface area contributed by atoms with Crippen LogP contribution in [-0.4, -0.2) is 37.1 Å². The summed E-state index contributed by atoms with van der Waals surface area (Å²) in [7, 11) is 0. The van der Waals surface area contributed by atoms with Gasteiger partial charge in [-0.15, -0.1) is 12.4 Å². The van der Waals surface area contributed by atoms with Crippen molar-refractivity contribution in [2.24, 2.45) is 5.92 Å². The lowest BCUT2D eigenvalue weighted by Gasteiger charge is -2.26. The van der Waals surface area contributed by atoms with Gasteiger partial charge < -0.3 is 4.74 Å². The first-order chi connectivity index (χ1) is 11.3. The monoisotopic (exact) mass is 349 g/mol. The number of benzene rings is 1. The third-order valence-electron chi connectivity index (χ3n) is 4.98. The number of esters is 1. The highest BCUT2D eigenvalue weighted by Crippen LogP contribution is 2.33. The molecule has 0 bridgehead atoms. The Morgan fingerprint density at radius 2 is 1.92 bits per heavy atom. The Morgan fingerprint density at radius 1 is 1.17 bits per heavy atom. The van der Waals surface area contributed by atoms with Crippen LogP contribution >= 0.6 is 12.4 Å². The molecule has 2 aliphatic rings. The van der Waals surface area contributed by atoms with Gasteiger partial charge in [-0.05, 0) is 56.7 Å². The molecule has 1 aliphatic heterocycles. The Morgan fingerprint density at radius 3 is 2.58 bits per heavy atom. The second-order valence-electron chi connectivity index (χ2n) is 6.63. The molecule has 0 aromatic heterocycles. The van der Waals surface area contributed by atoms with Gasteiger partial charge in [0.1, 0.15) is 6.61 Å². The van der Waals surface area contributed by atoms with Crippen LogP contribution < -0.4 is 0 Å². The first-order valence-electron chi connectivity index (χ1n) is 8.95. The molecule has 24 heavy (non-hydrogen) atoms. The predicted molar refractivity (Wildman–Crippen MR) is 99.5 cm³/mol. The number of allylic oxidation sites excluding steroid dienone is 2. The molecule has 0 radical (unpaired) electrons. The smallest absolute Gasteiger partial charge is 0.314 e. The summed E-state index contributed by atoms with van der Waals surface area (Å²) in [5.74, 6) is 0.0451. The second kappa shape index (κ2) is 9.85. The van der Waals surface area contributed by atoms with Crippen molar-refractivity contribution in [2.75, 3.05) is 26.2 Å². The van der Waals surface area contributed by atoms with Gasteiger partial charge in [0.2, 0.25) is 0 Å². The third kappa shape index (κ3) is 5.09. The van der Waals surface area contributed by atoms with Crippen LogP contribution in [0.5, 0.6) is 0 Å². The van der Waals surface area contributed by atoms with Crippen LogP contribution in [0, 0.1) is 5.92 Å². The fraction of sp³-hybridized carbons (Fsp3) is 0.550. The molecule has 1 fully saturated rings. The van der Waals surface area contributed by atoms with E-state index in [1.807, 2.05) is 18.2 Å². The molecule has 0 amide bonds. The third-order valence-corrected chi connectivity index (χ3v) is 4.98. The summed E-state index contributed by atoms with van der Waals surface area (Å²) in [6, 6.07) is 10.1. The molecular weight excluding hydrogens is 322 g/mol. The number of nitrogens with zero attached hydrogens (tertiary/aromatic N) is 1. The van der Waals surface area contributed by atoms with Crippen LogP contribution in [0.4, 0.5) is 0 Å². The van der Waals surface area contributed by atoms with Crippen LogP contribution in [0.1, 0.15) is 43.6 Å². The molecule has 1 heterocycles. The Hall–Kier alpha value is -1.32. The molecule has 0 saturated carbocycles. The van der Waals surface area contributed by atoms with Gasteiger partial charge in [0.25, 0.3) is 0 Å². The van der Waals surface area contributed by atoms with Crippen molar-refractivity contribution in [2.45, 2.75) is 38.0 Å². The van der Waals surface area contributed by atoms with E-state index in [4.69, 9.17) is 4.74 Å². The Labute approximate surface area is 151 Å². The van der Waals surface area contributed by atoms with Gasteiger partial charge in [0, 0.05) is 6.54 Å². The standard InChI is InChI=1S/C20H27NO2.ClH/c22-20(23-16-15-21-13-7-8-14-21)19(17-9-3-1-4-10-17)18-11-5-2-6-12-18;/h1,3-5,9-11,18-19H,2,6-8,12-16H2;1H. The quantitative estimate of drug-likeness (QED) is 0.569. The van der Waals surface area contributed by atoms with Crippen molar-refractivity contribution in [1.29, 1.82) is 0 Å². The highest BCUT2D eigenvalue weighted by atomic mass is 35.5. The average molecular weight is 350 g/mol. The van der Waals surface area contributed by atoms with Crippen LogP contribution in [0.25, 0.3) is 0 Å². The summed E-state index contributed by atoms with van der Waals surface area (Å²) in [6.07, 6.45) is 10.3. The van der Waals surface area contributed by atoms with Crippen LogP contribution in [0.3, 0.4) is 0 Å². The lowest BCUT2D eigenvalue weighted by atomic mass is 9.80. The molecule has 4 heteroatoms. The highest BCUT2D eigenvalue weighted by Gasteiger charge is 2.30. The van der Waals surface area contributed by atoms with Crippen molar-refractivity contribution >= 4 is 18.4 Å². The van der Waals surface area contributed by atoms with Gasteiger partial charge >= 0.3 is 5.97 Å². The summed E-state index contributed by atoms with van der Waals surface area (Å²) < 4.78 is 5.66. The summed E-state index contributed by atoms with van der Waals surface area (Å²) in [6.45, 7) is 3.67. The minimum absolute atomic E-state index is 0. The minimum Gasteiger partial charge on any atom is -0.464 e. The zero-order chi connectivity index (χ0) is 15.9. The number of hydrogen-bond acceptors (Lipinski definition) is 3. The van der Waals surface area contributed by atoms with Gasteiger partial charge in [-0.1, -0.05) is 42.5 Å². The second-order valence-corrected chi connectivity index (χ2v) is 6.63. The number of carbonyl (C=O) groups is 1. The Bertz CT molecular complexity index is 526. The van der Waals surface area contributed by atoms with Crippen molar-refractivity contribution in [1.82, 2.24) is 4.90 Å². The molecular formula is C20H28ClNO2. The van der Waals surface area contributed by atoms with Crippen LogP contribution in [0.2, 0.25) is 0 Å². The zero-order valence-electron chi connectivity index (χ0n) is 14.2. The molecule has 0 N–H and O–H groups in total. The average Bonchev–Trinajstić information content (AvgIpc) is 3.10. The number of hydrogen-bond donors (Lipinski definition) is 0. The summed E-state index contributed by atoms with van der Waals surface area (Å²) >= 11 is 0. The maximum atomic E-state index is 12.7. The topological polar surface area (TPSA) is 29.5 Å².